The molecule has 0 N–H and O–H groups in total. The molecule has 2 rings (SSSR count). The van der Waals surface area contributed by atoms with Crippen molar-refractivity contribution >= 4 is 9.84 Å². The van der Waals surface area contributed by atoms with Crippen molar-refractivity contribution in [3.8, 4) is 5.75 Å². The van der Waals surface area contributed by atoms with Crippen LogP contribution in [-0.2, 0) is 16.4 Å². The van der Waals surface area contributed by atoms with Crippen molar-refractivity contribution in [3.05, 3.63) is 29.8 Å². The van der Waals surface area contributed by atoms with Gasteiger partial charge in [0.15, 0.2) is 9.84 Å². The Bertz CT molecular complexity index is 556. The van der Waals surface area contributed by atoms with E-state index in [2.05, 4.69) is 4.90 Å². The Balaban J connectivity index is 2.09. The molecule has 4 nitrogen and oxygen atoms in total. The van der Waals surface area contributed by atoms with Gasteiger partial charge in [0.2, 0.25) is 0 Å². The zero-order chi connectivity index (χ0) is 14.8. The van der Waals surface area contributed by atoms with Crippen LogP contribution in [0, 0.1) is 0 Å². The predicted octanol–water partition coefficient (Wildman–Crippen LogP) is 2.09. The molecule has 0 aromatic heterocycles. The largest absolute Gasteiger partial charge is 0.497 e. The zero-order valence-corrected chi connectivity index (χ0v) is 13.2. The van der Waals surface area contributed by atoms with Crippen LogP contribution < -0.4 is 4.74 Å². The summed E-state index contributed by atoms with van der Waals surface area (Å²) in [5.74, 6) is 0.835. The van der Waals surface area contributed by atoms with Gasteiger partial charge in [-0.05, 0) is 37.6 Å². The lowest BCUT2D eigenvalue weighted by Crippen LogP contribution is -2.40. The highest BCUT2D eigenvalue weighted by Crippen LogP contribution is 2.29. The molecule has 0 radical (unpaired) electrons. The van der Waals surface area contributed by atoms with Crippen molar-refractivity contribution in [2.45, 2.75) is 37.1 Å². The molecular formula is C15H23NO3S. The number of hydrogen-bond donors (Lipinski definition) is 0. The molecule has 0 saturated heterocycles. The van der Waals surface area contributed by atoms with Gasteiger partial charge in [-0.1, -0.05) is 18.6 Å². The Morgan fingerprint density at radius 3 is 2.75 bits per heavy atom. The average Bonchev–Trinajstić information content (AvgIpc) is 2.88. The summed E-state index contributed by atoms with van der Waals surface area (Å²) in [4.78, 5) is 2.16. The fourth-order valence-corrected chi connectivity index (χ4v) is 4.60. The van der Waals surface area contributed by atoms with Crippen molar-refractivity contribution < 1.29 is 13.2 Å². The summed E-state index contributed by atoms with van der Waals surface area (Å²) >= 11 is 0. The van der Waals surface area contributed by atoms with Gasteiger partial charge in [-0.2, -0.15) is 0 Å². The van der Waals surface area contributed by atoms with Crippen LogP contribution in [0.5, 0.6) is 5.75 Å². The van der Waals surface area contributed by atoms with E-state index in [4.69, 9.17) is 4.74 Å². The van der Waals surface area contributed by atoms with Crippen LogP contribution in [0.25, 0.3) is 0 Å². The first-order valence-electron chi connectivity index (χ1n) is 6.94. The molecule has 5 heteroatoms. The van der Waals surface area contributed by atoms with E-state index in [-0.39, 0.29) is 11.3 Å². The first-order chi connectivity index (χ1) is 9.41. The molecule has 20 heavy (non-hydrogen) atoms. The van der Waals surface area contributed by atoms with Gasteiger partial charge >= 0.3 is 0 Å². The molecular weight excluding hydrogens is 274 g/mol. The first-order valence-corrected chi connectivity index (χ1v) is 8.89. The van der Waals surface area contributed by atoms with Gasteiger partial charge in [-0.15, -0.1) is 0 Å². The van der Waals surface area contributed by atoms with E-state index in [1.165, 1.54) is 6.26 Å². The molecule has 1 aliphatic rings. The van der Waals surface area contributed by atoms with E-state index < -0.39 is 9.84 Å². The van der Waals surface area contributed by atoms with Crippen LogP contribution in [0.3, 0.4) is 0 Å². The molecule has 1 fully saturated rings. The summed E-state index contributed by atoms with van der Waals surface area (Å²) in [6.45, 7) is 0.744. The molecule has 1 aromatic rings. The van der Waals surface area contributed by atoms with Gasteiger partial charge < -0.3 is 4.74 Å². The van der Waals surface area contributed by atoms with Crippen LogP contribution in [0.1, 0.15) is 24.8 Å². The van der Waals surface area contributed by atoms with Crippen molar-refractivity contribution in [2.24, 2.45) is 0 Å². The van der Waals surface area contributed by atoms with Crippen molar-refractivity contribution in [3.63, 3.8) is 0 Å². The number of methoxy groups -OCH3 is 1. The predicted molar refractivity (Wildman–Crippen MR) is 80.7 cm³/mol. The SMILES string of the molecule is COc1cccc(CN(C)[C@@H]2CCC[C@@H]2S(C)(=O)=O)c1. The third-order valence-corrected chi connectivity index (χ3v) is 5.75. The molecule has 112 valence electrons. The fourth-order valence-electron chi connectivity index (χ4n) is 3.09. The maximum atomic E-state index is 11.9. The summed E-state index contributed by atoms with van der Waals surface area (Å²) in [7, 11) is 0.692. The van der Waals surface area contributed by atoms with E-state index in [0.717, 1.165) is 37.1 Å². The maximum absolute atomic E-state index is 11.9. The molecule has 0 spiro atoms. The van der Waals surface area contributed by atoms with Crippen molar-refractivity contribution in [1.82, 2.24) is 4.90 Å². The minimum Gasteiger partial charge on any atom is -0.497 e. The molecule has 0 unspecified atom stereocenters. The summed E-state index contributed by atoms with van der Waals surface area (Å²) in [6.07, 6.45) is 4.09. The molecule has 0 bridgehead atoms. The molecule has 0 heterocycles. The lowest BCUT2D eigenvalue weighted by Gasteiger charge is -2.28. The highest BCUT2D eigenvalue weighted by molar-refractivity contribution is 7.91. The third kappa shape index (κ3) is 3.52. The molecule has 1 aliphatic carbocycles. The van der Waals surface area contributed by atoms with E-state index >= 15 is 0 Å². The average molecular weight is 297 g/mol. The molecule has 1 saturated carbocycles. The second kappa shape index (κ2) is 6.14. The monoisotopic (exact) mass is 297 g/mol. The van der Waals surface area contributed by atoms with Gasteiger partial charge in [0.25, 0.3) is 0 Å². The fraction of sp³-hybridized carbons (Fsp3) is 0.600. The Morgan fingerprint density at radius 1 is 1.35 bits per heavy atom. The molecule has 1 aromatic carbocycles. The van der Waals surface area contributed by atoms with Crippen LogP contribution in [-0.4, -0.2) is 45.0 Å². The lowest BCUT2D eigenvalue weighted by molar-refractivity contribution is 0.238. The third-order valence-electron chi connectivity index (χ3n) is 4.10. The summed E-state index contributed by atoms with van der Waals surface area (Å²) < 4.78 is 28.9. The van der Waals surface area contributed by atoms with Crippen LogP contribution >= 0.6 is 0 Å². The van der Waals surface area contributed by atoms with E-state index in [1.54, 1.807) is 7.11 Å². The standard InChI is InChI=1S/C15H23NO3S/c1-16(11-12-6-4-7-13(10-12)19-2)14-8-5-9-15(14)20(3,17)18/h4,6-7,10,14-15H,5,8-9,11H2,1-3H3/t14-,15+/m1/s1. The topological polar surface area (TPSA) is 46.6 Å². The minimum atomic E-state index is -2.97. The van der Waals surface area contributed by atoms with E-state index in [1.807, 2.05) is 31.3 Å². The molecule has 2 atom stereocenters. The van der Waals surface area contributed by atoms with E-state index in [0.29, 0.717) is 0 Å². The van der Waals surface area contributed by atoms with E-state index in [9.17, 15) is 8.42 Å². The summed E-state index contributed by atoms with van der Waals surface area (Å²) in [5, 5.41) is -0.224. The Morgan fingerprint density at radius 2 is 2.10 bits per heavy atom. The van der Waals surface area contributed by atoms with Gasteiger partial charge in [0.1, 0.15) is 5.75 Å². The maximum Gasteiger partial charge on any atom is 0.151 e. The van der Waals surface area contributed by atoms with Crippen LogP contribution in [0.2, 0.25) is 0 Å². The van der Waals surface area contributed by atoms with Crippen LogP contribution in [0.4, 0.5) is 0 Å². The number of hydrogen-bond acceptors (Lipinski definition) is 4. The first kappa shape index (κ1) is 15.3. The smallest absolute Gasteiger partial charge is 0.151 e. The Kier molecular flexibility index (Phi) is 4.70. The Hall–Kier alpha value is -1.07. The van der Waals surface area contributed by atoms with Crippen LogP contribution in [0.15, 0.2) is 24.3 Å². The normalized spacial score (nSPS) is 23.2. The highest BCUT2D eigenvalue weighted by Gasteiger charge is 2.36. The highest BCUT2D eigenvalue weighted by atomic mass is 32.2. The van der Waals surface area contributed by atoms with Gasteiger partial charge in [-0.25, -0.2) is 8.42 Å². The number of ether oxygens (including phenoxy) is 1. The van der Waals surface area contributed by atoms with Gasteiger partial charge in [0.05, 0.1) is 12.4 Å². The number of benzene rings is 1. The second-order valence-electron chi connectivity index (χ2n) is 5.63. The summed E-state index contributed by atoms with van der Waals surface area (Å²) in [6, 6.07) is 8.05. The molecule has 0 amide bonds. The second-order valence-corrected chi connectivity index (χ2v) is 7.90. The minimum absolute atomic E-state index is 0.121. The lowest BCUT2D eigenvalue weighted by atomic mass is 10.1. The molecule has 0 aliphatic heterocycles. The quantitative estimate of drug-likeness (QED) is 0.835. The zero-order valence-electron chi connectivity index (χ0n) is 12.4. The van der Waals surface area contributed by atoms with Crippen molar-refractivity contribution in [1.29, 1.82) is 0 Å². The van der Waals surface area contributed by atoms with Crippen molar-refractivity contribution in [2.75, 3.05) is 20.4 Å². The Labute approximate surface area is 121 Å². The number of rotatable bonds is 5. The van der Waals surface area contributed by atoms with Gasteiger partial charge in [-0.3, -0.25) is 4.90 Å². The summed E-state index contributed by atoms with van der Waals surface area (Å²) in [5.41, 5.74) is 1.14. The number of nitrogens with zero attached hydrogens (tertiary/aromatic N) is 1. The van der Waals surface area contributed by atoms with Gasteiger partial charge in [0, 0.05) is 18.8 Å². The number of sulfone groups is 1.